The number of carbonyl (C=O) groups is 1. The molecule has 2 aromatic carbocycles. The normalized spacial score (nSPS) is 14.8. The monoisotopic (exact) mass is 567 g/mol. The minimum absolute atomic E-state index is 0.00646. The van der Waals surface area contributed by atoms with Gasteiger partial charge in [0.2, 0.25) is 0 Å². The third-order valence-electron chi connectivity index (χ3n) is 7.87. The van der Waals surface area contributed by atoms with Crippen LogP contribution >= 0.6 is 0 Å². The van der Waals surface area contributed by atoms with E-state index in [1.807, 2.05) is 18.2 Å². The van der Waals surface area contributed by atoms with Crippen molar-refractivity contribution in [3.8, 4) is 5.75 Å². The van der Waals surface area contributed by atoms with Gasteiger partial charge in [-0.2, -0.15) is 0 Å². The molecule has 1 amide bonds. The van der Waals surface area contributed by atoms with Gasteiger partial charge in [0.15, 0.2) is 11.6 Å². The predicted octanol–water partition coefficient (Wildman–Crippen LogP) is 6.20. The number of fused-ring (bicyclic) bond motifs is 1. The largest absolute Gasteiger partial charge is 0.490 e. The Balaban J connectivity index is 1.23. The maximum Gasteiger partial charge on any atom is 0.263 e. The minimum atomic E-state index is -0.989. The fraction of sp³-hybridized carbons (Fsp3) is 0.265. The van der Waals surface area contributed by atoms with E-state index in [0.717, 1.165) is 77.9 Å². The van der Waals surface area contributed by atoms with Crippen LogP contribution in [-0.2, 0) is 19.5 Å². The van der Waals surface area contributed by atoms with E-state index in [9.17, 15) is 18.4 Å². The summed E-state index contributed by atoms with van der Waals surface area (Å²) in [6, 6.07) is 16.6. The number of halogens is 2. The lowest BCUT2D eigenvalue weighted by Crippen LogP contribution is -2.32. The number of allylic oxidation sites excluding steroid dienone is 1. The molecule has 1 fully saturated rings. The van der Waals surface area contributed by atoms with Crippen molar-refractivity contribution in [2.75, 3.05) is 0 Å². The van der Waals surface area contributed by atoms with Crippen molar-refractivity contribution in [2.24, 2.45) is 0 Å². The van der Waals surface area contributed by atoms with Crippen LogP contribution in [0.15, 0.2) is 83.9 Å². The molecular formula is C34H31F2N3O3. The number of rotatable bonds is 8. The lowest BCUT2D eigenvalue weighted by Gasteiger charge is -2.24. The molecule has 2 heterocycles. The van der Waals surface area contributed by atoms with Crippen LogP contribution in [0.3, 0.4) is 0 Å². The molecule has 0 atom stereocenters. The third kappa shape index (κ3) is 6.03. The maximum atomic E-state index is 13.7. The number of nitrogens with zero attached hydrogens (tertiary/aromatic N) is 2. The third-order valence-corrected chi connectivity index (χ3v) is 7.87. The van der Waals surface area contributed by atoms with Gasteiger partial charge in [-0.3, -0.25) is 14.6 Å². The number of amides is 1. The maximum absolute atomic E-state index is 13.7. The van der Waals surface area contributed by atoms with E-state index in [1.54, 1.807) is 12.3 Å². The molecule has 0 spiro atoms. The fourth-order valence-corrected chi connectivity index (χ4v) is 5.74. The number of benzene rings is 2. The highest BCUT2D eigenvalue weighted by Gasteiger charge is 2.20. The first-order chi connectivity index (χ1) is 20.4. The molecule has 42 heavy (non-hydrogen) atoms. The predicted molar refractivity (Wildman–Crippen MR) is 156 cm³/mol. The average molecular weight is 568 g/mol. The highest BCUT2D eigenvalue weighted by molar-refractivity contribution is 5.93. The topological polar surface area (TPSA) is 73.2 Å². The summed E-state index contributed by atoms with van der Waals surface area (Å²) in [5, 5.41) is 2.88. The van der Waals surface area contributed by atoms with Gasteiger partial charge in [-0.25, -0.2) is 8.78 Å². The first-order valence-electron chi connectivity index (χ1n) is 14.3. The van der Waals surface area contributed by atoms with Crippen LogP contribution in [0.25, 0.3) is 5.57 Å². The first kappa shape index (κ1) is 27.6. The number of nitrogens with one attached hydrogen (secondary N) is 1. The second-order valence-electron chi connectivity index (χ2n) is 10.8. The Kier molecular flexibility index (Phi) is 7.95. The summed E-state index contributed by atoms with van der Waals surface area (Å²) in [7, 11) is 0. The van der Waals surface area contributed by atoms with Gasteiger partial charge in [0.25, 0.3) is 11.5 Å². The highest BCUT2D eigenvalue weighted by Crippen LogP contribution is 2.34. The summed E-state index contributed by atoms with van der Waals surface area (Å²) < 4.78 is 34.7. The zero-order valence-corrected chi connectivity index (χ0v) is 23.1. The van der Waals surface area contributed by atoms with Crippen LogP contribution in [0, 0.1) is 11.6 Å². The number of aromatic nitrogens is 2. The van der Waals surface area contributed by atoms with Crippen molar-refractivity contribution in [3.05, 3.63) is 135 Å². The molecule has 2 aromatic heterocycles. The van der Waals surface area contributed by atoms with E-state index in [4.69, 9.17) is 4.74 Å². The van der Waals surface area contributed by atoms with Crippen molar-refractivity contribution in [3.63, 3.8) is 0 Å². The minimum Gasteiger partial charge on any atom is -0.490 e. The van der Waals surface area contributed by atoms with E-state index >= 15 is 0 Å². The van der Waals surface area contributed by atoms with Gasteiger partial charge < -0.3 is 14.6 Å². The molecule has 2 aliphatic carbocycles. The second kappa shape index (κ2) is 12.1. The van der Waals surface area contributed by atoms with Gasteiger partial charge in [-0.05, 0) is 96.5 Å². The Morgan fingerprint density at radius 2 is 1.83 bits per heavy atom. The summed E-state index contributed by atoms with van der Waals surface area (Å²) in [6.45, 7) is 0.199. The van der Waals surface area contributed by atoms with Crippen molar-refractivity contribution < 1.29 is 18.3 Å². The molecule has 4 aromatic rings. The number of ether oxygens (including phenoxy) is 1. The summed E-state index contributed by atoms with van der Waals surface area (Å²) in [5.74, 6) is -1.71. The van der Waals surface area contributed by atoms with Gasteiger partial charge in [0.1, 0.15) is 11.3 Å². The first-order valence-corrected chi connectivity index (χ1v) is 14.3. The Labute approximate surface area is 242 Å². The summed E-state index contributed by atoms with van der Waals surface area (Å²) in [5.41, 5.74) is 4.91. The molecule has 1 N–H and O–H groups in total. The van der Waals surface area contributed by atoms with Crippen LogP contribution in [0.2, 0.25) is 0 Å². The van der Waals surface area contributed by atoms with Gasteiger partial charge >= 0.3 is 0 Å². The van der Waals surface area contributed by atoms with Gasteiger partial charge in [0, 0.05) is 30.9 Å². The lowest BCUT2D eigenvalue weighted by atomic mass is 9.97. The molecule has 0 unspecified atom stereocenters. The number of pyridine rings is 2. The molecule has 2 aliphatic rings. The molecule has 8 heteroatoms. The van der Waals surface area contributed by atoms with Gasteiger partial charge in [-0.1, -0.05) is 24.6 Å². The summed E-state index contributed by atoms with van der Waals surface area (Å²) in [4.78, 5) is 30.8. The Hall–Kier alpha value is -4.59. The van der Waals surface area contributed by atoms with Crippen molar-refractivity contribution in [1.82, 2.24) is 14.9 Å². The van der Waals surface area contributed by atoms with E-state index in [2.05, 4.69) is 28.5 Å². The zero-order chi connectivity index (χ0) is 29.1. The molecule has 0 radical (unpaired) electrons. The number of hydrogen-bond donors (Lipinski definition) is 1. The zero-order valence-electron chi connectivity index (χ0n) is 23.1. The SMILES string of the molecule is O=C(NCc1cc(OC2CCCCC2)cc(C2=CCc3ncccc32)c1)c1cccn(Cc2ccc(F)c(F)c2)c1=O. The molecular weight excluding hydrogens is 536 g/mol. The fourth-order valence-electron chi connectivity index (χ4n) is 5.74. The Morgan fingerprint density at radius 3 is 2.67 bits per heavy atom. The summed E-state index contributed by atoms with van der Waals surface area (Å²) in [6.07, 6.45) is 12.0. The molecule has 6 nitrogen and oxygen atoms in total. The van der Waals surface area contributed by atoms with Crippen LogP contribution in [-0.4, -0.2) is 21.6 Å². The quantitative estimate of drug-likeness (QED) is 0.275. The van der Waals surface area contributed by atoms with Crippen molar-refractivity contribution in [2.45, 2.75) is 57.7 Å². The van der Waals surface area contributed by atoms with E-state index in [-0.39, 0.29) is 24.8 Å². The summed E-state index contributed by atoms with van der Waals surface area (Å²) >= 11 is 0. The molecule has 214 valence electrons. The van der Waals surface area contributed by atoms with Gasteiger partial charge in [-0.15, -0.1) is 0 Å². The number of carbonyl (C=O) groups excluding carboxylic acids is 1. The van der Waals surface area contributed by atoms with Crippen LogP contribution < -0.4 is 15.6 Å². The van der Waals surface area contributed by atoms with Gasteiger partial charge in [0.05, 0.1) is 18.3 Å². The molecule has 0 saturated heterocycles. The number of hydrogen-bond acceptors (Lipinski definition) is 4. The Bertz CT molecular complexity index is 1720. The highest BCUT2D eigenvalue weighted by atomic mass is 19.2. The molecule has 6 rings (SSSR count). The molecule has 0 bridgehead atoms. The Morgan fingerprint density at radius 1 is 0.976 bits per heavy atom. The van der Waals surface area contributed by atoms with Crippen molar-refractivity contribution >= 4 is 11.5 Å². The standard InChI is InChI=1S/C34H31F2N3O3/c35-30-12-10-22(18-31(30)36)21-39-15-5-9-29(34(39)41)33(40)38-20-23-16-24(27-11-13-32-28(27)8-4-14-37-32)19-26(17-23)42-25-6-2-1-3-7-25/h4-5,8-12,14-19,25H,1-3,6-7,13,20-21H2,(H,38,40). The molecule has 0 aliphatic heterocycles. The van der Waals surface area contributed by atoms with Crippen LogP contribution in [0.5, 0.6) is 5.75 Å². The van der Waals surface area contributed by atoms with E-state index < -0.39 is 23.1 Å². The molecule has 1 saturated carbocycles. The lowest BCUT2D eigenvalue weighted by molar-refractivity contribution is 0.0948. The van der Waals surface area contributed by atoms with Crippen LogP contribution in [0.4, 0.5) is 8.78 Å². The second-order valence-corrected chi connectivity index (χ2v) is 10.8. The average Bonchev–Trinajstić information content (AvgIpc) is 3.44. The van der Waals surface area contributed by atoms with Crippen LogP contribution in [0.1, 0.15) is 70.4 Å². The van der Waals surface area contributed by atoms with E-state index in [1.165, 1.54) is 29.3 Å². The van der Waals surface area contributed by atoms with E-state index in [0.29, 0.717) is 5.56 Å². The smallest absolute Gasteiger partial charge is 0.263 e. The van der Waals surface area contributed by atoms with Crippen molar-refractivity contribution in [1.29, 1.82) is 0 Å².